The number of para-hydroxylation sites is 1. The fraction of sp³-hybridized carbons (Fsp3) is 0.167. The molecular weight excluding hydrogens is 452 g/mol. The number of nitrogens with one attached hydrogen (secondary N) is 1. The van der Waals surface area contributed by atoms with Crippen molar-refractivity contribution in [2.45, 2.75) is 31.2 Å². The van der Waals surface area contributed by atoms with Gasteiger partial charge < -0.3 is 15.2 Å². The maximum Gasteiger partial charge on any atom is 0.303 e. The molecule has 0 unspecified atom stereocenters. The van der Waals surface area contributed by atoms with Gasteiger partial charge in [-0.1, -0.05) is 60.7 Å². The van der Waals surface area contributed by atoms with Crippen molar-refractivity contribution in [2.24, 2.45) is 0 Å². The lowest BCUT2D eigenvalue weighted by Gasteiger charge is -2.21. The maximum absolute atomic E-state index is 13.6. The molecule has 4 aromatic rings. The van der Waals surface area contributed by atoms with Gasteiger partial charge in [-0.05, 0) is 65.4 Å². The molecule has 5 rings (SSSR count). The molecule has 36 heavy (non-hydrogen) atoms. The Morgan fingerprint density at radius 2 is 1.72 bits per heavy atom. The summed E-state index contributed by atoms with van der Waals surface area (Å²) in [5.41, 5.74) is 1.99. The smallest absolute Gasteiger partial charge is 0.303 e. The Balaban J connectivity index is 1.48. The van der Waals surface area contributed by atoms with E-state index in [0.717, 1.165) is 29.2 Å². The number of carboxylic acids is 1. The summed E-state index contributed by atoms with van der Waals surface area (Å²) < 4.78 is 5.94. The summed E-state index contributed by atoms with van der Waals surface area (Å²) in [4.78, 5) is 24.9. The van der Waals surface area contributed by atoms with Crippen LogP contribution in [0.15, 0.2) is 84.9 Å². The second-order valence-electron chi connectivity index (χ2n) is 8.99. The number of carbonyl (C=O) groups is 2. The van der Waals surface area contributed by atoms with Gasteiger partial charge in [0.05, 0.1) is 11.1 Å². The topological polar surface area (TPSA) is 99.4 Å². The van der Waals surface area contributed by atoms with Crippen LogP contribution < -0.4 is 10.1 Å². The Hall–Kier alpha value is -4.63. The molecule has 0 aromatic heterocycles. The summed E-state index contributed by atoms with van der Waals surface area (Å²) in [6.45, 7) is 0. The first kappa shape index (κ1) is 23.1. The van der Waals surface area contributed by atoms with E-state index in [-0.39, 0.29) is 18.7 Å². The predicted octanol–water partition coefficient (Wildman–Crippen LogP) is 5.94. The minimum atomic E-state index is -0.931. The highest BCUT2D eigenvalue weighted by atomic mass is 16.5. The fourth-order valence-corrected chi connectivity index (χ4v) is 4.58. The van der Waals surface area contributed by atoms with E-state index >= 15 is 0 Å². The van der Waals surface area contributed by atoms with Gasteiger partial charge in [0.1, 0.15) is 17.6 Å². The molecule has 0 radical (unpaired) electrons. The third kappa shape index (κ3) is 4.64. The fourth-order valence-electron chi connectivity index (χ4n) is 4.58. The summed E-state index contributed by atoms with van der Waals surface area (Å²) in [5.74, 6) is -0.421. The number of hydrogen-bond acceptors (Lipinski definition) is 4. The van der Waals surface area contributed by atoms with Gasteiger partial charge in [-0.15, -0.1) is 0 Å². The number of hydrogen-bond donors (Lipinski definition) is 2. The van der Waals surface area contributed by atoms with E-state index in [2.05, 4.69) is 35.7 Å². The lowest BCUT2D eigenvalue weighted by atomic mass is 9.96. The van der Waals surface area contributed by atoms with Crippen LogP contribution in [0.3, 0.4) is 0 Å². The van der Waals surface area contributed by atoms with Crippen LogP contribution in [0.4, 0.5) is 0 Å². The highest BCUT2D eigenvalue weighted by molar-refractivity contribution is 5.98. The SMILES string of the molecule is N#Cc1ccccc1Oc1ccc(CCC(=O)O)c(C(=O)NC2(c3cccc4ccccc34)CC2)c1. The summed E-state index contributed by atoms with van der Waals surface area (Å²) in [5, 5.41) is 24.0. The summed E-state index contributed by atoms with van der Waals surface area (Å²) in [6.07, 6.45) is 1.77. The Morgan fingerprint density at radius 1 is 0.972 bits per heavy atom. The number of carbonyl (C=O) groups excluding carboxylic acids is 1. The van der Waals surface area contributed by atoms with E-state index in [1.54, 1.807) is 42.5 Å². The molecule has 0 heterocycles. The molecule has 1 amide bonds. The number of rotatable bonds is 8. The van der Waals surface area contributed by atoms with Crippen molar-refractivity contribution in [3.63, 3.8) is 0 Å². The first-order chi connectivity index (χ1) is 17.5. The van der Waals surface area contributed by atoms with Crippen LogP contribution in [0.25, 0.3) is 10.8 Å². The number of ether oxygens (including phenoxy) is 1. The van der Waals surface area contributed by atoms with Gasteiger partial charge in [0, 0.05) is 12.0 Å². The van der Waals surface area contributed by atoms with Crippen molar-refractivity contribution in [2.75, 3.05) is 0 Å². The van der Waals surface area contributed by atoms with Crippen molar-refractivity contribution in [1.29, 1.82) is 5.26 Å². The van der Waals surface area contributed by atoms with Gasteiger partial charge in [-0.3, -0.25) is 9.59 Å². The standard InChI is InChI=1S/C30H24N2O4/c31-19-22-7-2-4-11-27(22)36-23-14-12-21(13-15-28(33)34)25(18-23)29(35)32-30(16-17-30)26-10-5-8-20-6-1-3-9-24(20)26/h1-12,14,18H,13,15-17H2,(H,32,35)(H,33,34). The molecular formula is C30H24N2O4. The van der Waals surface area contributed by atoms with Gasteiger partial charge in [-0.2, -0.15) is 5.26 Å². The third-order valence-electron chi connectivity index (χ3n) is 6.58. The summed E-state index contributed by atoms with van der Waals surface area (Å²) in [7, 11) is 0. The van der Waals surface area contributed by atoms with E-state index < -0.39 is 11.5 Å². The Morgan fingerprint density at radius 3 is 2.50 bits per heavy atom. The molecule has 6 heteroatoms. The minimum absolute atomic E-state index is 0.0911. The third-order valence-corrected chi connectivity index (χ3v) is 6.58. The van der Waals surface area contributed by atoms with Crippen LogP contribution in [0.1, 0.15) is 46.3 Å². The van der Waals surface area contributed by atoms with E-state index in [0.29, 0.717) is 28.2 Å². The average molecular weight is 477 g/mol. The quantitative estimate of drug-likeness (QED) is 0.328. The second kappa shape index (κ2) is 9.55. The largest absolute Gasteiger partial charge is 0.481 e. The summed E-state index contributed by atoms with van der Waals surface area (Å²) in [6, 6.07) is 28.2. The van der Waals surface area contributed by atoms with E-state index in [9.17, 15) is 20.0 Å². The van der Waals surface area contributed by atoms with Crippen molar-refractivity contribution in [3.8, 4) is 17.6 Å². The van der Waals surface area contributed by atoms with Gasteiger partial charge >= 0.3 is 5.97 Å². The number of fused-ring (bicyclic) bond motifs is 1. The van der Waals surface area contributed by atoms with Crippen LogP contribution in [0.2, 0.25) is 0 Å². The molecule has 1 aliphatic carbocycles. The highest BCUT2D eigenvalue weighted by Gasteiger charge is 2.46. The molecule has 1 saturated carbocycles. The average Bonchev–Trinajstić information content (AvgIpc) is 3.68. The lowest BCUT2D eigenvalue weighted by Crippen LogP contribution is -2.35. The zero-order chi connectivity index (χ0) is 25.1. The first-order valence-corrected chi connectivity index (χ1v) is 11.8. The van der Waals surface area contributed by atoms with Crippen LogP contribution >= 0.6 is 0 Å². The number of aliphatic carboxylic acids is 1. The second-order valence-corrected chi connectivity index (χ2v) is 8.99. The number of nitrogens with zero attached hydrogens (tertiary/aromatic N) is 1. The van der Waals surface area contributed by atoms with E-state index in [1.165, 1.54) is 0 Å². The Labute approximate surface area is 208 Å². The van der Waals surface area contributed by atoms with Crippen molar-refractivity contribution in [3.05, 3.63) is 107 Å². The molecule has 2 N–H and O–H groups in total. The maximum atomic E-state index is 13.6. The van der Waals surface area contributed by atoms with Crippen LogP contribution in [-0.2, 0) is 16.8 Å². The van der Waals surface area contributed by atoms with Gasteiger partial charge in [-0.25, -0.2) is 0 Å². The molecule has 0 saturated heterocycles. The number of aryl methyl sites for hydroxylation is 1. The van der Waals surface area contributed by atoms with Gasteiger partial charge in [0.25, 0.3) is 5.91 Å². The molecule has 6 nitrogen and oxygen atoms in total. The predicted molar refractivity (Wildman–Crippen MR) is 136 cm³/mol. The van der Waals surface area contributed by atoms with E-state index in [1.807, 2.05) is 18.2 Å². The monoisotopic (exact) mass is 476 g/mol. The lowest BCUT2D eigenvalue weighted by molar-refractivity contribution is -0.136. The summed E-state index contributed by atoms with van der Waals surface area (Å²) >= 11 is 0. The molecule has 1 aliphatic rings. The Kier molecular flexibility index (Phi) is 6.14. The number of benzene rings is 4. The molecule has 178 valence electrons. The van der Waals surface area contributed by atoms with Gasteiger partial charge in [0.15, 0.2) is 0 Å². The number of amides is 1. The molecule has 4 aromatic carbocycles. The number of carboxylic acid groups (broad SMARTS) is 1. The normalized spacial score (nSPS) is 13.5. The molecule has 0 aliphatic heterocycles. The minimum Gasteiger partial charge on any atom is -0.481 e. The molecule has 0 atom stereocenters. The van der Waals surface area contributed by atoms with Crippen LogP contribution in [0, 0.1) is 11.3 Å². The molecule has 0 spiro atoms. The zero-order valence-corrected chi connectivity index (χ0v) is 19.5. The Bertz CT molecular complexity index is 1510. The molecule has 1 fully saturated rings. The van der Waals surface area contributed by atoms with Gasteiger partial charge in [0.2, 0.25) is 0 Å². The van der Waals surface area contributed by atoms with Crippen LogP contribution in [0.5, 0.6) is 11.5 Å². The zero-order valence-electron chi connectivity index (χ0n) is 19.5. The number of nitriles is 1. The highest BCUT2D eigenvalue weighted by Crippen LogP contribution is 2.48. The van der Waals surface area contributed by atoms with Crippen molar-refractivity contribution < 1.29 is 19.4 Å². The molecule has 0 bridgehead atoms. The van der Waals surface area contributed by atoms with Crippen molar-refractivity contribution in [1.82, 2.24) is 5.32 Å². The first-order valence-electron chi connectivity index (χ1n) is 11.8. The van der Waals surface area contributed by atoms with Crippen molar-refractivity contribution >= 4 is 22.6 Å². The van der Waals surface area contributed by atoms with Crippen LogP contribution in [-0.4, -0.2) is 17.0 Å². The van der Waals surface area contributed by atoms with E-state index in [4.69, 9.17) is 4.74 Å².